The molecule has 0 spiro atoms. The van der Waals surface area contributed by atoms with Crippen molar-refractivity contribution in [2.24, 2.45) is 0 Å². The van der Waals surface area contributed by atoms with Crippen molar-refractivity contribution in [3.05, 3.63) is 51.9 Å². The van der Waals surface area contributed by atoms with Gasteiger partial charge in [0.2, 0.25) is 0 Å². The molecule has 0 bridgehead atoms. The summed E-state index contributed by atoms with van der Waals surface area (Å²) in [5, 5.41) is 1.18. The Hall–Kier alpha value is -1.32. The average molecular weight is 296 g/mol. The lowest BCUT2D eigenvalue weighted by Gasteiger charge is -2.26. The Morgan fingerprint density at radius 3 is 2.53 bits per heavy atom. The van der Waals surface area contributed by atoms with Gasteiger partial charge >= 0.3 is 0 Å². The van der Waals surface area contributed by atoms with Crippen LogP contribution in [0.5, 0.6) is 0 Å². The highest BCUT2D eigenvalue weighted by molar-refractivity contribution is 6.30. The molecule has 0 N–H and O–H groups in total. The van der Waals surface area contributed by atoms with Crippen LogP contribution < -0.4 is 4.90 Å². The second kappa shape index (κ2) is 5.76. The van der Waals surface area contributed by atoms with Crippen molar-refractivity contribution < 1.29 is 0 Å². The first-order valence-corrected chi connectivity index (χ1v) is 6.72. The van der Waals surface area contributed by atoms with E-state index in [1.807, 2.05) is 43.1 Å². The molecule has 0 aliphatic rings. The molecule has 1 atom stereocenters. The average Bonchev–Trinajstić information content (AvgIpc) is 2.36. The number of rotatable bonds is 3. The van der Waals surface area contributed by atoms with Gasteiger partial charge in [0.15, 0.2) is 0 Å². The largest absolute Gasteiger partial charge is 0.353 e. The first-order valence-electron chi connectivity index (χ1n) is 5.97. The highest BCUT2D eigenvalue weighted by Crippen LogP contribution is 2.26. The monoisotopic (exact) mass is 295 g/mol. The van der Waals surface area contributed by atoms with Gasteiger partial charge in [-0.3, -0.25) is 0 Å². The summed E-state index contributed by atoms with van der Waals surface area (Å²) in [7, 11) is 1.98. The quantitative estimate of drug-likeness (QED) is 0.791. The maximum absolute atomic E-state index is 6.02. The van der Waals surface area contributed by atoms with Gasteiger partial charge in [0.25, 0.3) is 0 Å². The van der Waals surface area contributed by atoms with E-state index in [1.54, 1.807) is 6.07 Å². The summed E-state index contributed by atoms with van der Waals surface area (Å²) < 4.78 is 0. The van der Waals surface area contributed by atoms with E-state index in [2.05, 4.69) is 16.9 Å². The lowest BCUT2D eigenvalue weighted by atomic mass is 10.1. The molecular formula is C14H15Cl2N3. The molecule has 1 heterocycles. The van der Waals surface area contributed by atoms with Gasteiger partial charge in [-0.1, -0.05) is 35.3 Å². The highest BCUT2D eigenvalue weighted by atomic mass is 35.5. The van der Waals surface area contributed by atoms with Crippen LogP contribution in [0.1, 0.15) is 24.4 Å². The third-order valence-electron chi connectivity index (χ3n) is 3.07. The molecule has 3 nitrogen and oxygen atoms in total. The Kier molecular flexibility index (Phi) is 4.27. The van der Waals surface area contributed by atoms with Crippen molar-refractivity contribution >= 4 is 29.0 Å². The Bertz CT molecular complexity index is 566. The fraction of sp³-hybridized carbons (Fsp3) is 0.286. The van der Waals surface area contributed by atoms with Crippen LogP contribution >= 0.6 is 23.2 Å². The van der Waals surface area contributed by atoms with Crippen LogP contribution in [0.15, 0.2) is 30.3 Å². The van der Waals surface area contributed by atoms with Gasteiger partial charge in [-0.15, -0.1) is 0 Å². The topological polar surface area (TPSA) is 29.0 Å². The first kappa shape index (κ1) is 14.1. The molecule has 2 rings (SSSR count). The van der Waals surface area contributed by atoms with Crippen LogP contribution in [0.25, 0.3) is 0 Å². The van der Waals surface area contributed by atoms with Crippen LogP contribution in [-0.4, -0.2) is 17.0 Å². The van der Waals surface area contributed by atoms with Crippen molar-refractivity contribution in [1.29, 1.82) is 0 Å². The van der Waals surface area contributed by atoms with Gasteiger partial charge in [0.1, 0.15) is 16.8 Å². The van der Waals surface area contributed by atoms with Crippen molar-refractivity contribution in [2.45, 2.75) is 19.9 Å². The lowest BCUT2D eigenvalue weighted by Crippen LogP contribution is -2.23. The molecule has 0 saturated heterocycles. The van der Waals surface area contributed by atoms with Crippen molar-refractivity contribution in [1.82, 2.24) is 9.97 Å². The number of benzene rings is 1. The lowest BCUT2D eigenvalue weighted by molar-refractivity contribution is 0.724. The van der Waals surface area contributed by atoms with Gasteiger partial charge in [0, 0.05) is 18.1 Å². The molecule has 0 amide bonds. The Labute approximate surface area is 123 Å². The van der Waals surface area contributed by atoms with E-state index in [9.17, 15) is 0 Å². The second-order valence-corrected chi connectivity index (χ2v) is 5.26. The maximum Gasteiger partial charge on any atom is 0.134 e. The molecule has 0 saturated carbocycles. The second-order valence-electron chi connectivity index (χ2n) is 4.44. The summed E-state index contributed by atoms with van der Waals surface area (Å²) in [6, 6.07) is 9.71. The number of hydrogen-bond acceptors (Lipinski definition) is 3. The zero-order chi connectivity index (χ0) is 14.0. The Morgan fingerprint density at radius 1 is 1.16 bits per heavy atom. The molecule has 100 valence electrons. The van der Waals surface area contributed by atoms with Gasteiger partial charge in [-0.25, -0.2) is 9.97 Å². The Balaban J connectivity index is 2.30. The molecule has 0 aliphatic heterocycles. The molecule has 0 radical (unpaired) electrons. The van der Waals surface area contributed by atoms with Crippen LogP contribution in [-0.2, 0) is 0 Å². The van der Waals surface area contributed by atoms with E-state index in [-0.39, 0.29) is 6.04 Å². The van der Waals surface area contributed by atoms with E-state index < -0.39 is 0 Å². The normalized spacial score (nSPS) is 12.3. The summed E-state index contributed by atoms with van der Waals surface area (Å²) in [6.45, 7) is 3.92. The molecule has 0 aliphatic carbocycles. The number of nitrogens with zero attached hydrogens (tertiary/aromatic N) is 3. The van der Waals surface area contributed by atoms with Crippen molar-refractivity contribution in [2.75, 3.05) is 11.9 Å². The van der Waals surface area contributed by atoms with E-state index in [0.29, 0.717) is 11.0 Å². The van der Waals surface area contributed by atoms with E-state index in [1.165, 1.54) is 0 Å². The number of hydrogen-bond donors (Lipinski definition) is 0. The molecule has 1 aromatic heterocycles. The summed E-state index contributed by atoms with van der Waals surface area (Å²) >= 11 is 12.0. The van der Waals surface area contributed by atoms with E-state index in [0.717, 1.165) is 16.4 Å². The predicted molar refractivity (Wildman–Crippen MR) is 80.0 cm³/mol. The van der Waals surface area contributed by atoms with Crippen molar-refractivity contribution in [3.8, 4) is 0 Å². The minimum absolute atomic E-state index is 0.143. The molecule has 5 heteroatoms. The predicted octanol–water partition coefficient (Wildman–Crippen LogP) is 4.29. The van der Waals surface area contributed by atoms with Gasteiger partial charge < -0.3 is 4.90 Å². The summed E-state index contributed by atoms with van der Waals surface area (Å²) in [5.41, 5.74) is 1.13. The number of anilines is 1. The molecule has 19 heavy (non-hydrogen) atoms. The highest BCUT2D eigenvalue weighted by Gasteiger charge is 2.14. The number of aryl methyl sites for hydroxylation is 1. The van der Waals surface area contributed by atoms with Crippen LogP contribution in [0.3, 0.4) is 0 Å². The zero-order valence-electron chi connectivity index (χ0n) is 11.1. The summed E-state index contributed by atoms with van der Waals surface area (Å²) in [4.78, 5) is 10.5. The fourth-order valence-corrected chi connectivity index (χ4v) is 2.30. The standard InChI is InChI=1S/C14H15Cl2N3/c1-9(11-5-4-6-12(15)7-11)19(3)14-8-13(16)17-10(2)18-14/h4-9H,1-3H3. The van der Waals surface area contributed by atoms with E-state index >= 15 is 0 Å². The van der Waals surface area contributed by atoms with Crippen molar-refractivity contribution in [3.63, 3.8) is 0 Å². The van der Waals surface area contributed by atoms with Crippen LogP contribution in [0, 0.1) is 6.92 Å². The molecule has 1 aromatic carbocycles. The third-order valence-corrected chi connectivity index (χ3v) is 3.50. The minimum Gasteiger partial charge on any atom is -0.353 e. The minimum atomic E-state index is 0.143. The smallest absolute Gasteiger partial charge is 0.134 e. The Morgan fingerprint density at radius 2 is 1.89 bits per heavy atom. The van der Waals surface area contributed by atoms with Crippen LogP contribution in [0.4, 0.5) is 5.82 Å². The van der Waals surface area contributed by atoms with Gasteiger partial charge in [-0.2, -0.15) is 0 Å². The number of aromatic nitrogens is 2. The molecule has 2 aromatic rings. The van der Waals surface area contributed by atoms with E-state index in [4.69, 9.17) is 23.2 Å². The molecular weight excluding hydrogens is 281 g/mol. The maximum atomic E-state index is 6.02. The molecule has 0 fully saturated rings. The molecule has 1 unspecified atom stereocenters. The fourth-order valence-electron chi connectivity index (χ4n) is 1.89. The first-order chi connectivity index (χ1) is 8.97. The van der Waals surface area contributed by atoms with Gasteiger partial charge in [0.05, 0.1) is 6.04 Å². The van der Waals surface area contributed by atoms with Crippen LogP contribution in [0.2, 0.25) is 10.2 Å². The summed E-state index contributed by atoms with van der Waals surface area (Å²) in [5.74, 6) is 1.46. The SMILES string of the molecule is Cc1nc(Cl)cc(N(C)C(C)c2cccc(Cl)c2)n1. The third kappa shape index (κ3) is 3.37. The van der Waals surface area contributed by atoms with Gasteiger partial charge in [-0.05, 0) is 31.5 Å². The zero-order valence-corrected chi connectivity index (χ0v) is 12.6. The summed E-state index contributed by atoms with van der Waals surface area (Å²) in [6.07, 6.45) is 0. The number of halogens is 2.